The maximum absolute atomic E-state index is 13.6. The van der Waals surface area contributed by atoms with E-state index in [-0.39, 0.29) is 10.8 Å². The van der Waals surface area contributed by atoms with Crippen molar-refractivity contribution in [3.63, 3.8) is 0 Å². The average Bonchev–Trinajstić information content (AvgIpc) is 2.15. The lowest BCUT2D eigenvalue weighted by atomic mass is 10.0. The predicted octanol–water partition coefficient (Wildman–Crippen LogP) is 3.44. The molecule has 1 nitrogen and oxygen atoms in total. The van der Waals surface area contributed by atoms with Crippen molar-refractivity contribution < 1.29 is 13.2 Å². The van der Waals surface area contributed by atoms with Gasteiger partial charge in [-0.15, -0.1) is 0 Å². The highest BCUT2D eigenvalue weighted by atomic mass is 19.1. The summed E-state index contributed by atoms with van der Waals surface area (Å²) in [6.45, 7) is 1.62. The number of halogens is 3. The van der Waals surface area contributed by atoms with Gasteiger partial charge < -0.3 is 0 Å². The molecule has 0 aromatic heterocycles. The van der Waals surface area contributed by atoms with Gasteiger partial charge in [0.2, 0.25) is 0 Å². The quantitative estimate of drug-likeness (QED) is 0.668. The lowest BCUT2D eigenvalue weighted by molar-refractivity contribution is 0.576. The van der Waals surface area contributed by atoms with Crippen molar-refractivity contribution in [3.05, 3.63) is 46.8 Å². The van der Waals surface area contributed by atoms with E-state index in [1.165, 1.54) is 12.1 Å². The molecule has 0 aliphatic heterocycles. The molecular formula is C12H6F3N. The monoisotopic (exact) mass is 221 g/mol. The molecule has 0 fully saturated rings. The summed E-state index contributed by atoms with van der Waals surface area (Å²) < 4.78 is 40.4. The second-order valence-electron chi connectivity index (χ2n) is 3.50. The van der Waals surface area contributed by atoms with Crippen LogP contribution < -0.4 is 0 Å². The normalized spacial score (nSPS) is 10.4. The Morgan fingerprint density at radius 2 is 1.75 bits per heavy atom. The molecule has 4 heteroatoms. The zero-order valence-corrected chi connectivity index (χ0v) is 8.31. The van der Waals surface area contributed by atoms with E-state index in [0.717, 1.165) is 12.1 Å². The topological polar surface area (TPSA) is 23.8 Å². The number of nitrogens with zero attached hydrogens (tertiary/aromatic N) is 1. The van der Waals surface area contributed by atoms with E-state index in [1.807, 2.05) is 0 Å². The molecule has 0 saturated heterocycles. The first-order valence-electron chi connectivity index (χ1n) is 4.52. The van der Waals surface area contributed by atoms with Crippen LogP contribution in [-0.4, -0.2) is 0 Å². The highest BCUT2D eigenvalue weighted by Gasteiger charge is 2.16. The van der Waals surface area contributed by atoms with E-state index in [1.54, 1.807) is 6.92 Å². The Morgan fingerprint density at radius 3 is 2.38 bits per heavy atom. The van der Waals surface area contributed by atoms with Crippen LogP contribution in [0.1, 0.15) is 11.1 Å². The molecule has 0 N–H and O–H groups in total. The van der Waals surface area contributed by atoms with Gasteiger partial charge in [0.15, 0.2) is 5.82 Å². The van der Waals surface area contributed by atoms with E-state index < -0.39 is 23.0 Å². The summed E-state index contributed by atoms with van der Waals surface area (Å²) in [5.74, 6) is -2.91. The fourth-order valence-electron chi connectivity index (χ4n) is 1.66. The van der Waals surface area contributed by atoms with Crippen LogP contribution in [0, 0.1) is 35.7 Å². The summed E-state index contributed by atoms with van der Waals surface area (Å²) in [7, 11) is 0. The molecule has 16 heavy (non-hydrogen) atoms. The Kier molecular flexibility index (Phi) is 2.31. The molecule has 0 radical (unpaired) electrons. The van der Waals surface area contributed by atoms with Gasteiger partial charge in [-0.2, -0.15) is 5.26 Å². The number of rotatable bonds is 0. The molecule has 0 heterocycles. The van der Waals surface area contributed by atoms with E-state index in [9.17, 15) is 13.2 Å². The van der Waals surface area contributed by atoms with Crippen LogP contribution in [0.25, 0.3) is 10.8 Å². The first-order valence-corrected chi connectivity index (χ1v) is 4.52. The van der Waals surface area contributed by atoms with Crippen LogP contribution in [0.3, 0.4) is 0 Å². The second kappa shape index (κ2) is 3.53. The van der Waals surface area contributed by atoms with E-state index >= 15 is 0 Å². The molecule has 80 valence electrons. The number of hydrogen-bond donors (Lipinski definition) is 0. The zero-order chi connectivity index (χ0) is 11.9. The number of hydrogen-bond acceptors (Lipinski definition) is 1. The summed E-state index contributed by atoms with van der Waals surface area (Å²) in [4.78, 5) is 0. The SMILES string of the molecule is Cc1cc(F)c2c(F)c(C#N)c(F)cc2c1. The molecule has 0 unspecified atom stereocenters. The van der Waals surface area contributed by atoms with Crippen molar-refractivity contribution >= 4 is 10.8 Å². The van der Waals surface area contributed by atoms with Gasteiger partial charge >= 0.3 is 0 Å². The fraction of sp³-hybridized carbons (Fsp3) is 0.0833. The average molecular weight is 221 g/mol. The Hall–Kier alpha value is -2.02. The van der Waals surface area contributed by atoms with Crippen molar-refractivity contribution in [1.82, 2.24) is 0 Å². The van der Waals surface area contributed by atoms with Crippen molar-refractivity contribution in [2.75, 3.05) is 0 Å². The van der Waals surface area contributed by atoms with Gasteiger partial charge in [0.1, 0.15) is 23.3 Å². The van der Waals surface area contributed by atoms with Crippen LogP contribution in [0.15, 0.2) is 18.2 Å². The summed E-state index contributed by atoms with van der Waals surface area (Å²) in [5.41, 5.74) is -0.191. The van der Waals surface area contributed by atoms with Crippen LogP contribution in [0.5, 0.6) is 0 Å². The smallest absolute Gasteiger partial charge is 0.154 e. The highest BCUT2D eigenvalue weighted by molar-refractivity contribution is 5.86. The highest BCUT2D eigenvalue weighted by Crippen LogP contribution is 2.27. The Balaban J connectivity index is 3.00. The second-order valence-corrected chi connectivity index (χ2v) is 3.50. The molecule has 2 rings (SSSR count). The maximum atomic E-state index is 13.6. The minimum Gasteiger partial charge on any atom is -0.206 e. The van der Waals surface area contributed by atoms with Gasteiger partial charge in [-0.1, -0.05) is 6.07 Å². The van der Waals surface area contributed by atoms with E-state index in [2.05, 4.69) is 0 Å². The van der Waals surface area contributed by atoms with Crippen LogP contribution in [0.4, 0.5) is 13.2 Å². The minimum atomic E-state index is -1.14. The first-order chi connectivity index (χ1) is 7.54. The maximum Gasteiger partial charge on any atom is 0.154 e. The predicted molar refractivity (Wildman–Crippen MR) is 53.3 cm³/mol. The third kappa shape index (κ3) is 1.41. The Bertz CT molecular complexity index is 626. The molecule has 2 aromatic rings. The van der Waals surface area contributed by atoms with Gasteiger partial charge in [0, 0.05) is 0 Å². The molecule has 2 aromatic carbocycles. The Morgan fingerprint density at radius 1 is 1.06 bits per heavy atom. The standard InChI is InChI=1S/C12H6F3N/c1-6-2-7-4-9(13)8(5-16)12(15)11(7)10(14)3-6/h2-4H,1H3. The summed E-state index contributed by atoms with van der Waals surface area (Å²) in [5, 5.41) is 8.32. The molecule has 0 spiro atoms. The summed E-state index contributed by atoms with van der Waals surface area (Å²) >= 11 is 0. The van der Waals surface area contributed by atoms with Gasteiger partial charge in [0.05, 0.1) is 5.39 Å². The largest absolute Gasteiger partial charge is 0.206 e. The van der Waals surface area contributed by atoms with Gasteiger partial charge in [-0.25, -0.2) is 13.2 Å². The lowest BCUT2D eigenvalue weighted by Gasteiger charge is -2.05. The van der Waals surface area contributed by atoms with Crippen molar-refractivity contribution in [3.8, 4) is 6.07 Å². The fourth-order valence-corrected chi connectivity index (χ4v) is 1.66. The number of aryl methyl sites for hydroxylation is 1. The number of nitriles is 1. The summed E-state index contributed by atoms with van der Waals surface area (Å²) in [6, 6.07) is 4.95. The minimum absolute atomic E-state index is 0.117. The third-order valence-electron chi connectivity index (χ3n) is 2.34. The number of fused-ring (bicyclic) bond motifs is 1. The molecule has 0 aliphatic rings. The molecular weight excluding hydrogens is 215 g/mol. The molecule has 0 aliphatic carbocycles. The molecule has 0 atom stereocenters. The summed E-state index contributed by atoms with van der Waals surface area (Å²) in [6.07, 6.45) is 0. The van der Waals surface area contributed by atoms with E-state index in [4.69, 9.17) is 5.26 Å². The van der Waals surface area contributed by atoms with Crippen LogP contribution >= 0.6 is 0 Å². The number of benzene rings is 2. The third-order valence-corrected chi connectivity index (χ3v) is 2.34. The van der Waals surface area contributed by atoms with Crippen LogP contribution in [0.2, 0.25) is 0 Å². The first kappa shape index (κ1) is 10.5. The van der Waals surface area contributed by atoms with Crippen molar-refractivity contribution in [2.24, 2.45) is 0 Å². The zero-order valence-electron chi connectivity index (χ0n) is 8.31. The van der Waals surface area contributed by atoms with Crippen molar-refractivity contribution in [2.45, 2.75) is 6.92 Å². The van der Waals surface area contributed by atoms with E-state index in [0.29, 0.717) is 5.56 Å². The van der Waals surface area contributed by atoms with Gasteiger partial charge in [-0.05, 0) is 30.0 Å². The molecule has 0 amide bonds. The lowest BCUT2D eigenvalue weighted by Crippen LogP contribution is -1.95. The molecule has 0 saturated carbocycles. The van der Waals surface area contributed by atoms with Gasteiger partial charge in [-0.3, -0.25) is 0 Å². The van der Waals surface area contributed by atoms with Crippen molar-refractivity contribution in [1.29, 1.82) is 5.26 Å². The Labute approximate surface area is 89.7 Å². The van der Waals surface area contributed by atoms with Crippen LogP contribution in [-0.2, 0) is 0 Å². The molecule has 0 bridgehead atoms. The van der Waals surface area contributed by atoms with Gasteiger partial charge in [0.25, 0.3) is 0 Å².